The molecule has 8 heteroatoms. The van der Waals surface area contributed by atoms with Crippen LogP contribution in [0.2, 0.25) is 0 Å². The van der Waals surface area contributed by atoms with Crippen LogP contribution in [-0.2, 0) is 17.6 Å². The minimum Gasteiger partial charge on any atom is -0.479 e. The second kappa shape index (κ2) is 6.14. The average Bonchev–Trinajstić information content (AvgIpc) is 3.30. The van der Waals surface area contributed by atoms with Crippen LogP contribution < -0.4 is 0 Å². The van der Waals surface area contributed by atoms with E-state index in [-0.39, 0.29) is 24.3 Å². The molecule has 0 radical (unpaired) electrons. The lowest BCUT2D eigenvalue weighted by atomic mass is 10.1. The summed E-state index contributed by atoms with van der Waals surface area (Å²) in [6.07, 6.45) is 1.88. The SMILES string of the molecule is Cc1ccc(-n2nc(C(=O)N3CCC(F)(C(=O)O)C3)c3c2CCC3)c(F)c1. The Hall–Kier alpha value is -2.77. The Morgan fingerprint density at radius 3 is 2.74 bits per heavy atom. The first kappa shape index (κ1) is 17.6. The van der Waals surface area contributed by atoms with Crippen molar-refractivity contribution in [1.82, 2.24) is 14.7 Å². The fourth-order valence-corrected chi connectivity index (χ4v) is 3.86. The van der Waals surface area contributed by atoms with Gasteiger partial charge in [-0.3, -0.25) is 4.79 Å². The Kier molecular flexibility index (Phi) is 4.01. The molecule has 2 aliphatic rings. The summed E-state index contributed by atoms with van der Waals surface area (Å²) in [7, 11) is 0. The lowest BCUT2D eigenvalue weighted by molar-refractivity contribution is -0.149. The third kappa shape index (κ3) is 2.79. The number of alkyl halides is 1. The van der Waals surface area contributed by atoms with Crippen molar-refractivity contribution in [3.63, 3.8) is 0 Å². The van der Waals surface area contributed by atoms with Crippen molar-refractivity contribution in [1.29, 1.82) is 0 Å². The Labute approximate surface area is 154 Å². The second-order valence-electron chi connectivity index (χ2n) is 7.24. The first-order chi connectivity index (χ1) is 12.8. The molecular weight excluding hydrogens is 356 g/mol. The van der Waals surface area contributed by atoms with Gasteiger partial charge in [-0.2, -0.15) is 5.10 Å². The highest BCUT2D eigenvalue weighted by Gasteiger charge is 2.47. The van der Waals surface area contributed by atoms with Crippen molar-refractivity contribution < 1.29 is 23.5 Å². The normalized spacial score (nSPS) is 21.5. The molecule has 1 fully saturated rings. The summed E-state index contributed by atoms with van der Waals surface area (Å²) in [6.45, 7) is 1.30. The molecule has 2 heterocycles. The smallest absolute Gasteiger partial charge is 0.343 e. The highest BCUT2D eigenvalue weighted by atomic mass is 19.1. The number of likely N-dealkylation sites (tertiary alicyclic amines) is 1. The third-order valence-corrected chi connectivity index (χ3v) is 5.35. The van der Waals surface area contributed by atoms with E-state index in [0.717, 1.165) is 23.2 Å². The minimum atomic E-state index is -2.43. The van der Waals surface area contributed by atoms with Gasteiger partial charge in [0.1, 0.15) is 11.5 Å². The third-order valence-electron chi connectivity index (χ3n) is 5.35. The molecule has 2 aromatic rings. The number of carbonyl (C=O) groups is 2. The van der Waals surface area contributed by atoms with E-state index in [2.05, 4.69) is 5.10 Å². The van der Waals surface area contributed by atoms with Gasteiger partial charge in [-0.05, 0) is 43.9 Å². The van der Waals surface area contributed by atoms with E-state index in [1.807, 2.05) is 0 Å². The van der Waals surface area contributed by atoms with Gasteiger partial charge in [-0.25, -0.2) is 18.3 Å². The van der Waals surface area contributed by atoms with Gasteiger partial charge >= 0.3 is 5.97 Å². The second-order valence-corrected chi connectivity index (χ2v) is 7.24. The molecule has 1 aromatic carbocycles. The number of amides is 1. The number of fused-ring (bicyclic) bond motifs is 1. The first-order valence-electron chi connectivity index (χ1n) is 8.89. The predicted molar refractivity (Wildman–Crippen MR) is 92.3 cm³/mol. The molecule has 142 valence electrons. The van der Waals surface area contributed by atoms with Crippen molar-refractivity contribution in [3.8, 4) is 5.69 Å². The summed E-state index contributed by atoms with van der Waals surface area (Å²) in [5.74, 6) is -2.49. The Bertz CT molecular complexity index is 956. The summed E-state index contributed by atoms with van der Waals surface area (Å²) in [5.41, 5.74) is 0.310. The van der Waals surface area contributed by atoms with Gasteiger partial charge in [-0.1, -0.05) is 6.07 Å². The molecule has 1 amide bonds. The predicted octanol–water partition coefficient (Wildman–Crippen LogP) is 2.45. The van der Waals surface area contributed by atoms with Gasteiger partial charge in [0.25, 0.3) is 5.91 Å². The monoisotopic (exact) mass is 375 g/mol. The molecule has 27 heavy (non-hydrogen) atoms. The van der Waals surface area contributed by atoms with Gasteiger partial charge in [0.2, 0.25) is 5.67 Å². The molecule has 1 aliphatic carbocycles. The zero-order valence-electron chi connectivity index (χ0n) is 14.8. The number of nitrogens with zero attached hydrogens (tertiary/aromatic N) is 3. The maximum absolute atomic E-state index is 14.4. The molecule has 6 nitrogen and oxygen atoms in total. The number of carbonyl (C=O) groups excluding carboxylic acids is 1. The quantitative estimate of drug-likeness (QED) is 0.894. The summed E-state index contributed by atoms with van der Waals surface area (Å²) in [6, 6.07) is 4.80. The largest absolute Gasteiger partial charge is 0.479 e. The van der Waals surface area contributed by atoms with E-state index in [9.17, 15) is 18.4 Å². The van der Waals surface area contributed by atoms with Crippen molar-refractivity contribution >= 4 is 11.9 Å². The number of hydrogen-bond donors (Lipinski definition) is 1. The standard InChI is InChI=1S/C19H19F2N3O3/c1-11-5-6-15(13(20)9-11)24-14-4-2-3-12(14)16(22-24)17(25)23-8-7-19(21,10-23)18(26)27/h5-6,9H,2-4,7-8,10H2,1H3,(H,26,27). The van der Waals surface area contributed by atoms with E-state index in [1.54, 1.807) is 19.1 Å². The van der Waals surface area contributed by atoms with E-state index < -0.39 is 29.9 Å². The van der Waals surface area contributed by atoms with E-state index in [1.165, 1.54) is 15.6 Å². The van der Waals surface area contributed by atoms with Gasteiger partial charge in [0.15, 0.2) is 5.69 Å². The minimum absolute atomic E-state index is 0.0160. The van der Waals surface area contributed by atoms with Crippen molar-refractivity contribution in [2.45, 2.75) is 38.3 Å². The van der Waals surface area contributed by atoms with Crippen molar-refractivity contribution in [3.05, 3.63) is 46.5 Å². The van der Waals surface area contributed by atoms with Crippen LogP contribution in [0.1, 0.15) is 40.2 Å². The molecule has 0 saturated carbocycles. The van der Waals surface area contributed by atoms with Gasteiger partial charge in [-0.15, -0.1) is 0 Å². The molecule has 4 rings (SSSR count). The molecule has 0 bridgehead atoms. The fraction of sp³-hybridized carbons (Fsp3) is 0.421. The lowest BCUT2D eigenvalue weighted by Gasteiger charge is -2.17. The van der Waals surface area contributed by atoms with E-state index in [4.69, 9.17) is 5.11 Å². The number of rotatable bonds is 3. The summed E-state index contributed by atoms with van der Waals surface area (Å²) in [4.78, 5) is 25.2. The molecular formula is C19H19F2N3O3. The number of halogens is 2. The highest BCUT2D eigenvalue weighted by Crippen LogP contribution is 2.32. The van der Waals surface area contributed by atoms with E-state index >= 15 is 0 Å². The topological polar surface area (TPSA) is 75.4 Å². The lowest BCUT2D eigenvalue weighted by Crippen LogP contribution is -2.39. The zero-order chi connectivity index (χ0) is 19.3. The maximum Gasteiger partial charge on any atom is 0.343 e. The number of aromatic nitrogens is 2. The number of aryl methyl sites for hydroxylation is 1. The average molecular weight is 375 g/mol. The summed E-state index contributed by atoms with van der Waals surface area (Å²) in [5, 5.41) is 13.4. The Morgan fingerprint density at radius 1 is 1.30 bits per heavy atom. The van der Waals surface area contributed by atoms with Gasteiger partial charge in [0.05, 0.1) is 6.54 Å². The van der Waals surface area contributed by atoms with Crippen LogP contribution >= 0.6 is 0 Å². The van der Waals surface area contributed by atoms with Crippen LogP contribution in [0.3, 0.4) is 0 Å². The van der Waals surface area contributed by atoms with Crippen LogP contribution in [0.4, 0.5) is 8.78 Å². The summed E-state index contributed by atoms with van der Waals surface area (Å²) < 4.78 is 30.2. The van der Waals surface area contributed by atoms with Crippen molar-refractivity contribution in [2.75, 3.05) is 13.1 Å². The van der Waals surface area contributed by atoms with Crippen LogP contribution in [0.5, 0.6) is 0 Å². The fourth-order valence-electron chi connectivity index (χ4n) is 3.86. The molecule has 1 N–H and O–H groups in total. The van der Waals surface area contributed by atoms with Gasteiger partial charge in [0, 0.05) is 24.2 Å². The molecule has 1 aliphatic heterocycles. The number of carboxylic acid groups (broad SMARTS) is 1. The van der Waals surface area contributed by atoms with Crippen LogP contribution in [0.25, 0.3) is 5.69 Å². The highest BCUT2D eigenvalue weighted by molar-refractivity contribution is 5.95. The molecule has 0 spiro atoms. The molecule has 1 atom stereocenters. The van der Waals surface area contributed by atoms with Crippen LogP contribution in [0.15, 0.2) is 18.2 Å². The van der Waals surface area contributed by atoms with Gasteiger partial charge < -0.3 is 10.0 Å². The van der Waals surface area contributed by atoms with Crippen molar-refractivity contribution in [2.24, 2.45) is 0 Å². The Morgan fingerprint density at radius 2 is 2.07 bits per heavy atom. The van der Waals surface area contributed by atoms with Crippen LogP contribution in [-0.4, -0.2) is 50.4 Å². The molecule has 1 aromatic heterocycles. The number of aliphatic carboxylic acids is 1. The maximum atomic E-state index is 14.4. The number of carboxylic acids is 1. The number of hydrogen-bond acceptors (Lipinski definition) is 3. The van der Waals surface area contributed by atoms with Crippen LogP contribution in [0, 0.1) is 12.7 Å². The molecule has 1 unspecified atom stereocenters. The first-order valence-corrected chi connectivity index (χ1v) is 8.89. The Balaban J connectivity index is 1.71. The van der Waals surface area contributed by atoms with E-state index in [0.29, 0.717) is 12.8 Å². The summed E-state index contributed by atoms with van der Waals surface area (Å²) >= 11 is 0. The zero-order valence-corrected chi connectivity index (χ0v) is 14.8. The molecule has 1 saturated heterocycles. The number of benzene rings is 1.